The van der Waals surface area contributed by atoms with E-state index in [1.165, 1.54) is 4.90 Å². The number of nitrogens with two attached hydrogens (primary N) is 1. The largest absolute Gasteiger partial charge is 0.390 e. The molecule has 3 aromatic carbocycles. The minimum absolute atomic E-state index is 0.0365. The molecule has 0 fully saturated rings. The Morgan fingerprint density at radius 1 is 0.979 bits per heavy atom. The second-order valence-electron chi connectivity index (χ2n) is 11.4. The SMILES string of the molecule is CCc1cccc(CN(C[C@@H](O)[C@@H](N)Cc2cc(F)cc(F)c2)C(=O)[C@@H](CS(=O)CCCC(F)(F)F)NCOCc2ccccc2)c1. The molecule has 0 heterocycles. The Morgan fingerprint density at radius 3 is 2.30 bits per heavy atom. The highest BCUT2D eigenvalue weighted by atomic mass is 32.2. The van der Waals surface area contributed by atoms with Crippen molar-refractivity contribution in [2.75, 3.05) is 24.8 Å². The number of carbonyl (C=O) groups is 1. The number of rotatable bonds is 19. The predicted octanol–water partition coefficient (Wildman–Crippen LogP) is 5.01. The summed E-state index contributed by atoms with van der Waals surface area (Å²) in [6.07, 6.45) is -6.51. The molecule has 258 valence electrons. The van der Waals surface area contributed by atoms with Crippen LogP contribution in [0.5, 0.6) is 0 Å². The van der Waals surface area contributed by atoms with Crippen LogP contribution in [0.2, 0.25) is 0 Å². The van der Waals surface area contributed by atoms with Crippen LogP contribution in [-0.2, 0) is 46.3 Å². The molecule has 0 aliphatic rings. The maximum atomic E-state index is 14.1. The summed E-state index contributed by atoms with van der Waals surface area (Å²) >= 11 is 0. The fraction of sp³-hybridized carbons (Fsp3) is 0.441. The van der Waals surface area contributed by atoms with Crippen molar-refractivity contribution in [3.63, 3.8) is 0 Å². The van der Waals surface area contributed by atoms with Gasteiger partial charge in [0.1, 0.15) is 17.7 Å². The van der Waals surface area contributed by atoms with Gasteiger partial charge in [0, 0.05) is 53.9 Å². The number of alkyl halides is 3. The molecule has 1 amide bonds. The summed E-state index contributed by atoms with van der Waals surface area (Å²) in [6, 6.07) is 17.5. The van der Waals surface area contributed by atoms with Gasteiger partial charge in [0.25, 0.3) is 0 Å². The number of halogens is 5. The van der Waals surface area contributed by atoms with Gasteiger partial charge < -0.3 is 20.5 Å². The topological polar surface area (TPSA) is 105 Å². The van der Waals surface area contributed by atoms with Gasteiger partial charge in [-0.25, -0.2) is 8.78 Å². The van der Waals surface area contributed by atoms with E-state index in [2.05, 4.69) is 5.32 Å². The summed E-state index contributed by atoms with van der Waals surface area (Å²) in [5, 5.41) is 14.0. The van der Waals surface area contributed by atoms with Crippen LogP contribution in [0.1, 0.15) is 42.0 Å². The summed E-state index contributed by atoms with van der Waals surface area (Å²) in [5.41, 5.74) is 9.09. The van der Waals surface area contributed by atoms with Crippen molar-refractivity contribution in [3.8, 4) is 0 Å². The van der Waals surface area contributed by atoms with E-state index in [-0.39, 0.29) is 56.3 Å². The van der Waals surface area contributed by atoms with Crippen molar-refractivity contribution >= 4 is 16.7 Å². The fourth-order valence-electron chi connectivity index (χ4n) is 4.94. The molecule has 0 aliphatic heterocycles. The lowest BCUT2D eigenvalue weighted by Crippen LogP contribution is -2.53. The summed E-state index contributed by atoms with van der Waals surface area (Å²) in [7, 11) is -1.79. The third kappa shape index (κ3) is 14.2. The van der Waals surface area contributed by atoms with Gasteiger partial charge in [-0.15, -0.1) is 0 Å². The molecule has 4 atom stereocenters. The van der Waals surface area contributed by atoms with Gasteiger partial charge in [-0.1, -0.05) is 61.5 Å². The number of hydrogen-bond donors (Lipinski definition) is 3. The number of ether oxygens (including phenoxy) is 1. The molecular weight excluding hydrogens is 641 g/mol. The average Bonchev–Trinajstić information content (AvgIpc) is 3.01. The number of aliphatic hydroxyl groups is 1. The van der Waals surface area contributed by atoms with E-state index in [0.717, 1.165) is 41.3 Å². The molecule has 0 saturated heterocycles. The number of benzene rings is 3. The predicted molar refractivity (Wildman–Crippen MR) is 171 cm³/mol. The highest BCUT2D eigenvalue weighted by Gasteiger charge is 2.31. The van der Waals surface area contributed by atoms with Crippen LogP contribution < -0.4 is 11.1 Å². The van der Waals surface area contributed by atoms with E-state index in [1.54, 1.807) is 0 Å². The first kappa shape index (κ1) is 38.2. The van der Waals surface area contributed by atoms with Crippen LogP contribution in [0.4, 0.5) is 22.0 Å². The molecule has 3 aromatic rings. The summed E-state index contributed by atoms with van der Waals surface area (Å²) < 4.78 is 84.2. The smallest absolute Gasteiger partial charge is 0.389 e. The molecule has 13 heteroatoms. The first-order valence-electron chi connectivity index (χ1n) is 15.3. The Balaban J connectivity index is 1.80. The van der Waals surface area contributed by atoms with Crippen molar-refractivity contribution in [2.24, 2.45) is 5.73 Å². The quantitative estimate of drug-likeness (QED) is 0.0933. The number of carbonyl (C=O) groups excluding carboxylic acids is 1. The van der Waals surface area contributed by atoms with Gasteiger partial charge in [-0.2, -0.15) is 13.2 Å². The third-order valence-corrected chi connectivity index (χ3v) is 8.86. The number of amides is 1. The van der Waals surface area contributed by atoms with Gasteiger partial charge in [-0.05, 0) is 53.6 Å². The van der Waals surface area contributed by atoms with Gasteiger partial charge in [0.15, 0.2) is 0 Å². The maximum absolute atomic E-state index is 14.1. The molecule has 0 spiro atoms. The molecule has 0 aromatic heterocycles. The highest BCUT2D eigenvalue weighted by molar-refractivity contribution is 7.85. The summed E-state index contributed by atoms with van der Waals surface area (Å²) in [5.74, 6) is -2.70. The number of aliphatic hydroxyl groups excluding tert-OH is 1. The molecular formula is C34H42F5N3O4S. The van der Waals surface area contributed by atoms with Crippen molar-refractivity contribution in [3.05, 3.63) is 107 Å². The minimum atomic E-state index is -4.39. The normalized spacial score (nSPS) is 14.4. The van der Waals surface area contributed by atoms with Crippen molar-refractivity contribution in [1.29, 1.82) is 0 Å². The lowest BCUT2D eigenvalue weighted by atomic mass is 10.0. The van der Waals surface area contributed by atoms with Crippen LogP contribution in [0.15, 0.2) is 72.8 Å². The van der Waals surface area contributed by atoms with Crippen molar-refractivity contribution in [1.82, 2.24) is 10.2 Å². The van der Waals surface area contributed by atoms with Crippen LogP contribution in [0.3, 0.4) is 0 Å². The fourth-order valence-corrected chi connectivity index (χ4v) is 6.21. The zero-order chi connectivity index (χ0) is 34.4. The Labute approximate surface area is 274 Å². The minimum Gasteiger partial charge on any atom is -0.390 e. The lowest BCUT2D eigenvalue weighted by molar-refractivity contribution is -0.136. The zero-order valence-electron chi connectivity index (χ0n) is 26.2. The van der Waals surface area contributed by atoms with Crippen LogP contribution in [-0.4, -0.2) is 69.3 Å². The highest BCUT2D eigenvalue weighted by Crippen LogP contribution is 2.21. The number of nitrogens with zero attached hydrogens (tertiary/aromatic N) is 1. The Hall–Kier alpha value is -3.23. The molecule has 0 saturated carbocycles. The number of aryl methyl sites for hydroxylation is 1. The van der Waals surface area contributed by atoms with E-state index in [4.69, 9.17) is 10.5 Å². The van der Waals surface area contributed by atoms with Crippen LogP contribution >= 0.6 is 0 Å². The van der Waals surface area contributed by atoms with E-state index >= 15 is 0 Å². The standard InChI is InChI=1S/C34H42F5N3O4S/c1-2-24-10-6-11-26(14-24)19-42(20-32(43)30(40)17-27-15-28(35)18-29(36)16-27)33(44)31(22-47(45)13-7-12-34(37,38)39)41-23-46-21-25-8-4-3-5-9-25/h3-6,8-11,14-16,18,30-32,41,43H,2,7,12-13,17,19-23,40H2,1H3/t30-,31+,32+,47?/m0/s1. The second-order valence-corrected chi connectivity index (χ2v) is 13.0. The van der Waals surface area contributed by atoms with Crippen LogP contribution in [0, 0.1) is 11.6 Å². The maximum Gasteiger partial charge on any atom is 0.389 e. The Bertz CT molecular complexity index is 1410. The molecule has 0 aliphatic carbocycles. The van der Waals surface area contributed by atoms with E-state index in [9.17, 15) is 36.1 Å². The molecule has 0 radical (unpaired) electrons. The monoisotopic (exact) mass is 683 g/mol. The van der Waals surface area contributed by atoms with Crippen molar-refractivity contribution < 1.29 is 40.8 Å². The Kier molecular flexibility index (Phi) is 15.4. The van der Waals surface area contributed by atoms with Gasteiger partial charge in [0.2, 0.25) is 5.91 Å². The van der Waals surface area contributed by atoms with E-state index in [1.807, 2.05) is 61.5 Å². The molecule has 7 nitrogen and oxygen atoms in total. The average molecular weight is 684 g/mol. The second kappa shape index (κ2) is 18.9. The third-order valence-electron chi connectivity index (χ3n) is 7.41. The van der Waals surface area contributed by atoms with Crippen molar-refractivity contribution in [2.45, 2.75) is 70.1 Å². The van der Waals surface area contributed by atoms with Crippen LogP contribution in [0.25, 0.3) is 0 Å². The first-order chi connectivity index (χ1) is 22.3. The van der Waals surface area contributed by atoms with Gasteiger partial charge in [-0.3, -0.25) is 14.3 Å². The molecule has 3 rings (SSSR count). The van der Waals surface area contributed by atoms with Gasteiger partial charge in [0.05, 0.1) is 19.4 Å². The van der Waals surface area contributed by atoms with Gasteiger partial charge >= 0.3 is 6.18 Å². The molecule has 1 unspecified atom stereocenters. The number of nitrogens with one attached hydrogen (secondary N) is 1. The summed E-state index contributed by atoms with van der Waals surface area (Å²) in [6.45, 7) is 1.82. The summed E-state index contributed by atoms with van der Waals surface area (Å²) in [4.78, 5) is 15.4. The molecule has 0 bridgehead atoms. The molecule has 47 heavy (non-hydrogen) atoms. The first-order valence-corrected chi connectivity index (χ1v) is 16.8. The molecule has 4 N–H and O–H groups in total. The number of hydrogen-bond acceptors (Lipinski definition) is 6. The van der Waals surface area contributed by atoms with E-state index < -0.39 is 59.1 Å². The lowest BCUT2D eigenvalue weighted by Gasteiger charge is -2.31. The Morgan fingerprint density at radius 2 is 1.64 bits per heavy atom. The van der Waals surface area contributed by atoms with E-state index in [0.29, 0.717) is 0 Å². The zero-order valence-corrected chi connectivity index (χ0v) is 27.0.